The molecule has 1 aromatic carbocycles. The maximum Gasteiger partial charge on any atom is 0.326 e. The molecule has 4 heteroatoms. The van der Waals surface area contributed by atoms with Crippen LogP contribution in [0.2, 0.25) is 0 Å². The maximum atomic E-state index is 11.6. The predicted octanol–water partition coefficient (Wildman–Crippen LogP) is 1.52. The summed E-state index contributed by atoms with van der Waals surface area (Å²) in [4.78, 5) is 22.3. The lowest BCUT2D eigenvalue weighted by Crippen LogP contribution is -2.40. The molecule has 2 N–H and O–H groups in total. The fourth-order valence-electron chi connectivity index (χ4n) is 1.48. The minimum Gasteiger partial charge on any atom is -0.480 e. The first-order valence-electron chi connectivity index (χ1n) is 5.60. The summed E-state index contributed by atoms with van der Waals surface area (Å²) in [5, 5.41) is 11.3. The van der Waals surface area contributed by atoms with E-state index in [4.69, 9.17) is 5.11 Å². The van der Waals surface area contributed by atoms with Crippen molar-refractivity contribution in [2.45, 2.75) is 32.7 Å². The van der Waals surface area contributed by atoms with Gasteiger partial charge in [0.25, 0.3) is 0 Å². The van der Waals surface area contributed by atoms with Crippen LogP contribution in [0.5, 0.6) is 0 Å². The highest BCUT2D eigenvalue weighted by Crippen LogP contribution is 2.04. The molecule has 0 aliphatic rings. The number of benzene rings is 1. The molecule has 0 fully saturated rings. The van der Waals surface area contributed by atoms with E-state index in [1.807, 2.05) is 31.2 Å². The van der Waals surface area contributed by atoms with Crippen LogP contribution in [0.15, 0.2) is 24.3 Å². The Morgan fingerprint density at radius 2 is 1.88 bits per heavy atom. The number of hydrogen-bond donors (Lipinski definition) is 2. The van der Waals surface area contributed by atoms with Crippen LogP contribution in [0.25, 0.3) is 0 Å². The molecular formula is C13H17NO3. The number of amides is 1. The fourth-order valence-corrected chi connectivity index (χ4v) is 1.48. The minimum absolute atomic E-state index is 0.212. The number of carboxylic acid groups (broad SMARTS) is 1. The van der Waals surface area contributed by atoms with Gasteiger partial charge in [-0.25, -0.2) is 4.79 Å². The molecule has 1 atom stereocenters. The number of rotatable bonds is 5. The number of hydrogen-bond acceptors (Lipinski definition) is 2. The lowest BCUT2D eigenvalue weighted by Gasteiger charge is -2.12. The van der Waals surface area contributed by atoms with Crippen molar-refractivity contribution in [2.75, 3.05) is 0 Å². The zero-order chi connectivity index (χ0) is 12.8. The van der Waals surface area contributed by atoms with Crippen molar-refractivity contribution < 1.29 is 14.7 Å². The van der Waals surface area contributed by atoms with Crippen LogP contribution >= 0.6 is 0 Å². The number of carboxylic acids is 1. The normalized spacial score (nSPS) is 11.9. The maximum absolute atomic E-state index is 11.6. The van der Waals surface area contributed by atoms with Crippen LogP contribution in [0.3, 0.4) is 0 Å². The van der Waals surface area contributed by atoms with E-state index >= 15 is 0 Å². The Kier molecular flexibility index (Phi) is 4.69. The summed E-state index contributed by atoms with van der Waals surface area (Å²) in [6.07, 6.45) is 0.596. The Morgan fingerprint density at radius 1 is 1.29 bits per heavy atom. The standard InChI is InChI=1S/C13H17NO3/c1-3-11(13(16)17)14-12(15)8-10-6-4-9(2)5-7-10/h4-7,11H,3,8H2,1-2H3,(H,14,15)(H,16,17)/t11-/m1/s1. The SMILES string of the molecule is CC[C@@H](NC(=O)Cc1ccc(C)cc1)C(=O)O. The molecule has 0 saturated carbocycles. The third-order valence-electron chi connectivity index (χ3n) is 2.53. The molecule has 0 unspecified atom stereocenters. The van der Waals surface area contributed by atoms with E-state index in [0.717, 1.165) is 11.1 Å². The molecule has 4 nitrogen and oxygen atoms in total. The molecule has 0 aliphatic heterocycles. The van der Waals surface area contributed by atoms with E-state index in [-0.39, 0.29) is 12.3 Å². The van der Waals surface area contributed by atoms with E-state index in [9.17, 15) is 9.59 Å². The molecule has 1 rings (SSSR count). The third kappa shape index (κ3) is 4.26. The fraction of sp³-hybridized carbons (Fsp3) is 0.385. The molecule has 0 heterocycles. The van der Waals surface area contributed by atoms with Gasteiger partial charge in [-0.3, -0.25) is 4.79 Å². The van der Waals surface area contributed by atoms with Gasteiger partial charge in [-0.15, -0.1) is 0 Å². The zero-order valence-corrected chi connectivity index (χ0v) is 10.1. The van der Waals surface area contributed by atoms with Crippen LogP contribution in [-0.2, 0) is 16.0 Å². The molecule has 0 spiro atoms. The second-order valence-corrected chi connectivity index (χ2v) is 4.03. The molecule has 1 aromatic rings. The van der Waals surface area contributed by atoms with Gasteiger partial charge in [-0.2, -0.15) is 0 Å². The minimum atomic E-state index is -0.996. The molecule has 0 saturated heterocycles. The van der Waals surface area contributed by atoms with Gasteiger partial charge in [0.1, 0.15) is 6.04 Å². The van der Waals surface area contributed by atoms with Crippen LogP contribution in [-0.4, -0.2) is 23.0 Å². The summed E-state index contributed by atoms with van der Waals surface area (Å²) in [5.41, 5.74) is 2.01. The van der Waals surface area contributed by atoms with Crippen molar-refractivity contribution in [3.8, 4) is 0 Å². The van der Waals surface area contributed by atoms with E-state index < -0.39 is 12.0 Å². The van der Waals surface area contributed by atoms with E-state index in [2.05, 4.69) is 5.32 Å². The molecule has 0 radical (unpaired) electrons. The molecule has 17 heavy (non-hydrogen) atoms. The Balaban J connectivity index is 2.54. The highest BCUT2D eigenvalue weighted by molar-refractivity contribution is 5.84. The predicted molar refractivity (Wildman–Crippen MR) is 64.7 cm³/mol. The second kappa shape index (κ2) is 6.03. The van der Waals surface area contributed by atoms with Gasteiger partial charge >= 0.3 is 5.97 Å². The summed E-state index contributed by atoms with van der Waals surface area (Å²) in [6.45, 7) is 3.70. The van der Waals surface area contributed by atoms with Gasteiger partial charge in [-0.05, 0) is 18.9 Å². The van der Waals surface area contributed by atoms with Gasteiger partial charge < -0.3 is 10.4 Å². The summed E-state index contributed by atoms with van der Waals surface area (Å²) in [7, 11) is 0. The van der Waals surface area contributed by atoms with Crippen molar-refractivity contribution in [3.05, 3.63) is 35.4 Å². The van der Waals surface area contributed by atoms with Crippen LogP contribution < -0.4 is 5.32 Å². The van der Waals surface area contributed by atoms with Crippen molar-refractivity contribution in [2.24, 2.45) is 0 Å². The number of nitrogens with one attached hydrogen (secondary N) is 1. The van der Waals surface area contributed by atoms with Crippen LogP contribution in [0.4, 0.5) is 0 Å². The molecule has 1 amide bonds. The van der Waals surface area contributed by atoms with Crippen molar-refractivity contribution in [3.63, 3.8) is 0 Å². The first-order valence-corrected chi connectivity index (χ1v) is 5.60. The smallest absolute Gasteiger partial charge is 0.326 e. The van der Waals surface area contributed by atoms with Crippen molar-refractivity contribution in [1.29, 1.82) is 0 Å². The summed E-state index contributed by atoms with van der Waals surface area (Å²) >= 11 is 0. The van der Waals surface area contributed by atoms with E-state index in [0.29, 0.717) is 6.42 Å². The molecule has 0 aliphatic carbocycles. The number of aliphatic carboxylic acids is 1. The highest BCUT2D eigenvalue weighted by atomic mass is 16.4. The number of aryl methyl sites for hydroxylation is 1. The van der Waals surface area contributed by atoms with Crippen molar-refractivity contribution in [1.82, 2.24) is 5.32 Å². The van der Waals surface area contributed by atoms with Gasteiger partial charge in [-0.1, -0.05) is 36.8 Å². The average Bonchev–Trinajstić information content (AvgIpc) is 2.28. The van der Waals surface area contributed by atoms with Gasteiger partial charge in [0, 0.05) is 0 Å². The lowest BCUT2D eigenvalue weighted by atomic mass is 10.1. The van der Waals surface area contributed by atoms with Crippen molar-refractivity contribution >= 4 is 11.9 Å². The zero-order valence-electron chi connectivity index (χ0n) is 10.1. The molecule has 0 bridgehead atoms. The first-order chi connectivity index (χ1) is 8.02. The molecule has 92 valence electrons. The monoisotopic (exact) mass is 235 g/mol. The second-order valence-electron chi connectivity index (χ2n) is 4.03. The topological polar surface area (TPSA) is 66.4 Å². The average molecular weight is 235 g/mol. The third-order valence-corrected chi connectivity index (χ3v) is 2.53. The van der Waals surface area contributed by atoms with Gasteiger partial charge in [0.05, 0.1) is 6.42 Å². The number of carbonyl (C=O) groups excluding carboxylic acids is 1. The lowest BCUT2D eigenvalue weighted by molar-refractivity contribution is -0.141. The summed E-state index contributed by atoms with van der Waals surface area (Å²) < 4.78 is 0. The van der Waals surface area contributed by atoms with E-state index in [1.165, 1.54) is 0 Å². The summed E-state index contributed by atoms with van der Waals surface area (Å²) in [6, 6.07) is 6.80. The Morgan fingerprint density at radius 3 is 2.35 bits per heavy atom. The highest BCUT2D eigenvalue weighted by Gasteiger charge is 2.17. The molecule has 0 aromatic heterocycles. The summed E-state index contributed by atoms with van der Waals surface area (Å²) in [5.74, 6) is -1.26. The van der Waals surface area contributed by atoms with Crippen LogP contribution in [0, 0.1) is 6.92 Å². The quantitative estimate of drug-likeness (QED) is 0.813. The van der Waals surface area contributed by atoms with E-state index in [1.54, 1.807) is 6.92 Å². The van der Waals surface area contributed by atoms with Gasteiger partial charge in [0.15, 0.2) is 0 Å². The van der Waals surface area contributed by atoms with Crippen LogP contribution in [0.1, 0.15) is 24.5 Å². The molecular weight excluding hydrogens is 218 g/mol. The number of carbonyl (C=O) groups is 2. The van der Waals surface area contributed by atoms with Gasteiger partial charge in [0.2, 0.25) is 5.91 Å². The Labute approximate surface area is 101 Å². The Bertz CT molecular complexity index is 398. The largest absolute Gasteiger partial charge is 0.480 e. The Hall–Kier alpha value is -1.84. The first kappa shape index (κ1) is 13.2.